The first kappa shape index (κ1) is 17.7. The van der Waals surface area contributed by atoms with Crippen LogP contribution in [0, 0.1) is 0 Å². The summed E-state index contributed by atoms with van der Waals surface area (Å²) in [5.41, 5.74) is 0.636. The lowest BCUT2D eigenvalue weighted by Crippen LogP contribution is -2.28. The molecule has 1 heterocycles. The van der Waals surface area contributed by atoms with E-state index < -0.39 is 6.10 Å². The van der Waals surface area contributed by atoms with Gasteiger partial charge in [-0.05, 0) is 49.7 Å². The summed E-state index contributed by atoms with van der Waals surface area (Å²) in [7, 11) is 0. The first-order valence-electron chi connectivity index (χ1n) is 7.78. The Kier molecular flexibility index (Phi) is 6.57. The Bertz CT molecular complexity index is 649. The van der Waals surface area contributed by atoms with Crippen LogP contribution in [-0.2, 0) is 4.79 Å². The number of rotatable bonds is 9. The fraction of sp³-hybridized carbons (Fsp3) is 0.333. The Morgan fingerprint density at radius 3 is 2.62 bits per heavy atom. The van der Waals surface area contributed by atoms with E-state index in [-0.39, 0.29) is 18.2 Å². The lowest BCUT2D eigenvalue weighted by Gasteiger charge is -2.10. The second-order valence-electron chi connectivity index (χ2n) is 5.37. The smallest absolute Gasteiger partial charge is 0.220 e. The molecule has 0 bridgehead atoms. The molecule has 0 radical (unpaired) electrons. The van der Waals surface area contributed by atoms with Crippen molar-refractivity contribution in [3.05, 3.63) is 54.0 Å². The van der Waals surface area contributed by atoms with Crippen molar-refractivity contribution in [1.29, 1.82) is 0 Å². The van der Waals surface area contributed by atoms with Crippen molar-refractivity contribution < 1.29 is 23.8 Å². The standard InChI is InChI=1S/C18H21NO5/c1-13(20)14-6-8-15(9-7-14)23-10-3-5-18(22)19-12-16(21)17-4-2-11-24-17/h2,4,6-9,11,16,21H,3,5,10,12H2,1H3,(H,19,22). The van der Waals surface area contributed by atoms with Crippen molar-refractivity contribution in [2.75, 3.05) is 13.2 Å². The fourth-order valence-electron chi connectivity index (χ4n) is 2.09. The highest BCUT2D eigenvalue weighted by Gasteiger charge is 2.11. The molecule has 2 N–H and O–H groups in total. The number of furan rings is 1. The second-order valence-corrected chi connectivity index (χ2v) is 5.37. The Hall–Kier alpha value is -2.60. The molecule has 6 heteroatoms. The second kappa shape index (κ2) is 8.88. The zero-order valence-corrected chi connectivity index (χ0v) is 13.5. The summed E-state index contributed by atoms with van der Waals surface area (Å²) < 4.78 is 10.6. The predicted molar refractivity (Wildman–Crippen MR) is 87.9 cm³/mol. The predicted octanol–water partition coefficient (Wildman–Crippen LogP) is 2.49. The Morgan fingerprint density at radius 2 is 2.00 bits per heavy atom. The quantitative estimate of drug-likeness (QED) is 0.544. The summed E-state index contributed by atoms with van der Waals surface area (Å²) >= 11 is 0. The molecule has 1 atom stereocenters. The number of aliphatic hydroxyl groups excluding tert-OH is 1. The summed E-state index contributed by atoms with van der Waals surface area (Å²) in [4.78, 5) is 22.9. The van der Waals surface area contributed by atoms with Crippen molar-refractivity contribution in [3.8, 4) is 5.75 Å². The molecule has 1 unspecified atom stereocenters. The minimum absolute atomic E-state index is 0.00922. The van der Waals surface area contributed by atoms with E-state index in [1.807, 2.05) is 0 Å². The number of aliphatic hydroxyl groups is 1. The molecule has 0 aliphatic heterocycles. The number of Topliss-reactive ketones (excluding diaryl/α,β-unsaturated/α-hetero) is 1. The van der Waals surface area contributed by atoms with Gasteiger partial charge in [0.15, 0.2) is 5.78 Å². The number of carbonyl (C=O) groups is 2. The fourth-order valence-corrected chi connectivity index (χ4v) is 2.09. The average Bonchev–Trinajstić information content (AvgIpc) is 3.11. The number of amides is 1. The van der Waals surface area contributed by atoms with E-state index >= 15 is 0 Å². The van der Waals surface area contributed by atoms with E-state index in [2.05, 4.69) is 5.32 Å². The number of ether oxygens (including phenoxy) is 1. The number of nitrogens with one attached hydrogen (secondary N) is 1. The van der Waals surface area contributed by atoms with Crippen LogP contribution in [0.25, 0.3) is 0 Å². The molecule has 1 amide bonds. The van der Waals surface area contributed by atoms with Crippen molar-refractivity contribution in [1.82, 2.24) is 5.32 Å². The molecule has 0 aliphatic carbocycles. The summed E-state index contributed by atoms with van der Waals surface area (Å²) in [6.07, 6.45) is 1.48. The third kappa shape index (κ3) is 5.55. The number of benzene rings is 1. The maximum atomic E-state index is 11.7. The number of ketones is 1. The summed E-state index contributed by atoms with van der Waals surface area (Å²) in [5, 5.41) is 12.4. The minimum Gasteiger partial charge on any atom is -0.494 e. The van der Waals surface area contributed by atoms with Gasteiger partial charge < -0.3 is 19.6 Å². The molecule has 0 spiro atoms. The number of carbonyl (C=O) groups excluding carboxylic acids is 2. The van der Waals surface area contributed by atoms with Crippen LogP contribution in [0.2, 0.25) is 0 Å². The van der Waals surface area contributed by atoms with Gasteiger partial charge >= 0.3 is 0 Å². The largest absolute Gasteiger partial charge is 0.494 e. The van der Waals surface area contributed by atoms with Gasteiger partial charge in [-0.2, -0.15) is 0 Å². The van der Waals surface area contributed by atoms with E-state index in [0.29, 0.717) is 36.5 Å². The molecule has 0 saturated heterocycles. The highest BCUT2D eigenvalue weighted by Crippen LogP contribution is 2.13. The third-order valence-electron chi connectivity index (χ3n) is 3.44. The molecule has 2 rings (SSSR count). The highest BCUT2D eigenvalue weighted by atomic mass is 16.5. The minimum atomic E-state index is -0.847. The molecule has 0 aliphatic rings. The van der Waals surface area contributed by atoms with Gasteiger partial charge in [0, 0.05) is 12.0 Å². The van der Waals surface area contributed by atoms with Crippen LogP contribution in [-0.4, -0.2) is 29.9 Å². The highest BCUT2D eigenvalue weighted by molar-refractivity contribution is 5.94. The van der Waals surface area contributed by atoms with Crippen molar-refractivity contribution >= 4 is 11.7 Å². The van der Waals surface area contributed by atoms with E-state index in [4.69, 9.17) is 9.15 Å². The van der Waals surface area contributed by atoms with Crippen LogP contribution in [0.4, 0.5) is 0 Å². The summed E-state index contributed by atoms with van der Waals surface area (Å²) in [6.45, 7) is 2.02. The van der Waals surface area contributed by atoms with Crippen LogP contribution in [0.15, 0.2) is 47.1 Å². The maximum Gasteiger partial charge on any atom is 0.220 e. The first-order chi connectivity index (χ1) is 11.6. The Labute approximate surface area is 140 Å². The van der Waals surface area contributed by atoms with Crippen LogP contribution in [0.3, 0.4) is 0 Å². The molecule has 128 valence electrons. The van der Waals surface area contributed by atoms with Crippen molar-refractivity contribution in [2.45, 2.75) is 25.9 Å². The average molecular weight is 331 g/mol. The molecule has 1 aromatic carbocycles. The van der Waals surface area contributed by atoms with E-state index in [1.54, 1.807) is 36.4 Å². The van der Waals surface area contributed by atoms with Gasteiger partial charge in [0.05, 0.1) is 19.4 Å². The van der Waals surface area contributed by atoms with E-state index in [0.717, 1.165) is 0 Å². The molecule has 0 saturated carbocycles. The van der Waals surface area contributed by atoms with E-state index in [9.17, 15) is 14.7 Å². The normalized spacial score (nSPS) is 11.8. The number of hydrogen-bond donors (Lipinski definition) is 2. The van der Waals surface area contributed by atoms with Crippen LogP contribution < -0.4 is 10.1 Å². The lowest BCUT2D eigenvalue weighted by molar-refractivity contribution is -0.121. The third-order valence-corrected chi connectivity index (χ3v) is 3.44. The molecule has 6 nitrogen and oxygen atoms in total. The molecular formula is C18H21NO5. The van der Waals surface area contributed by atoms with Crippen LogP contribution in [0.1, 0.15) is 42.0 Å². The lowest BCUT2D eigenvalue weighted by atomic mass is 10.1. The van der Waals surface area contributed by atoms with Crippen molar-refractivity contribution in [2.24, 2.45) is 0 Å². The van der Waals surface area contributed by atoms with Gasteiger partial charge in [-0.3, -0.25) is 9.59 Å². The summed E-state index contributed by atoms with van der Waals surface area (Å²) in [6, 6.07) is 10.2. The Balaban J connectivity index is 1.61. The molecular weight excluding hydrogens is 310 g/mol. The van der Waals surface area contributed by atoms with Gasteiger partial charge in [-0.1, -0.05) is 0 Å². The SMILES string of the molecule is CC(=O)c1ccc(OCCCC(=O)NCC(O)c2ccco2)cc1. The molecule has 24 heavy (non-hydrogen) atoms. The summed E-state index contributed by atoms with van der Waals surface area (Å²) in [5.74, 6) is 0.937. The zero-order valence-electron chi connectivity index (χ0n) is 13.5. The maximum absolute atomic E-state index is 11.7. The van der Waals surface area contributed by atoms with Crippen molar-refractivity contribution in [3.63, 3.8) is 0 Å². The molecule has 1 aromatic heterocycles. The van der Waals surface area contributed by atoms with Gasteiger partial charge in [0.2, 0.25) is 5.91 Å². The van der Waals surface area contributed by atoms with Crippen LogP contribution in [0.5, 0.6) is 5.75 Å². The van der Waals surface area contributed by atoms with Gasteiger partial charge in [0.1, 0.15) is 17.6 Å². The Morgan fingerprint density at radius 1 is 1.25 bits per heavy atom. The topological polar surface area (TPSA) is 88.8 Å². The van der Waals surface area contributed by atoms with Crippen LogP contribution >= 0.6 is 0 Å². The van der Waals surface area contributed by atoms with Gasteiger partial charge in [-0.15, -0.1) is 0 Å². The van der Waals surface area contributed by atoms with Gasteiger partial charge in [-0.25, -0.2) is 0 Å². The monoisotopic (exact) mass is 331 g/mol. The molecule has 0 fully saturated rings. The first-order valence-corrected chi connectivity index (χ1v) is 7.78. The zero-order chi connectivity index (χ0) is 17.4. The molecule has 2 aromatic rings. The number of hydrogen-bond acceptors (Lipinski definition) is 5. The van der Waals surface area contributed by atoms with Gasteiger partial charge in [0.25, 0.3) is 0 Å². The van der Waals surface area contributed by atoms with E-state index in [1.165, 1.54) is 13.2 Å².